The summed E-state index contributed by atoms with van der Waals surface area (Å²) in [6.45, 7) is 5.42. The Morgan fingerprint density at radius 3 is 1.25 bits per heavy atom. The zero-order chi connectivity index (χ0) is 9.66. The highest BCUT2D eigenvalue weighted by Gasteiger charge is 1.95. The van der Waals surface area contributed by atoms with Crippen LogP contribution >= 0.6 is 0 Å². The molecule has 3 heteroatoms. The van der Waals surface area contributed by atoms with Crippen molar-refractivity contribution in [2.45, 2.75) is 33.1 Å². The van der Waals surface area contributed by atoms with E-state index in [9.17, 15) is 0 Å². The summed E-state index contributed by atoms with van der Waals surface area (Å²) in [5, 5.41) is 15.2. The normalized spacial score (nSPS) is 12.0. The van der Waals surface area contributed by atoms with Crippen molar-refractivity contribution in [2.75, 3.05) is 26.4 Å². The second-order valence-electron chi connectivity index (χ2n) is 2.29. The Morgan fingerprint density at radius 1 is 0.917 bits per heavy atom. The van der Waals surface area contributed by atoms with Gasteiger partial charge in [-0.3, -0.25) is 0 Å². The van der Waals surface area contributed by atoms with Gasteiger partial charge in [-0.05, 0) is 13.8 Å². The Morgan fingerprint density at radius 2 is 1.25 bits per heavy atom. The first-order valence-electron chi connectivity index (χ1n) is 4.62. The van der Waals surface area contributed by atoms with E-state index in [2.05, 4.69) is 0 Å². The molecule has 76 valence electrons. The first kappa shape index (κ1) is 14.4. The largest absolute Gasteiger partial charge is 0.394 e. The number of rotatable bonds is 3. The highest BCUT2D eigenvalue weighted by atomic mass is 16.5. The molecule has 0 atom stereocenters. The monoisotopic (exact) mass is 178 g/mol. The second kappa shape index (κ2) is 17.1. The molecule has 1 saturated carbocycles. The van der Waals surface area contributed by atoms with E-state index >= 15 is 0 Å². The van der Waals surface area contributed by atoms with E-state index in [4.69, 9.17) is 14.9 Å². The molecule has 0 amide bonds. The Kier molecular flexibility index (Phi) is 20.5. The lowest BCUT2D eigenvalue weighted by atomic mass is 10.8. The molecule has 0 saturated heterocycles. The topological polar surface area (TPSA) is 49.7 Å². The van der Waals surface area contributed by atoms with Crippen LogP contribution in [0.5, 0.6) is 0 Å². The van der Waals surface area contributed by atoms with Crippen LogP contribution in [0.3, 0.4) is 0 Å². The smallest absolute Gasteiger partial charge is 0.0662 e. The number of hydrogen-bond acceptors (Lipinski definition) is 3. The van der Waals surface area contributed by atoms with E-state index < -0.39 is 0 Å². The van der Waals surface area contributed by atoms with Crippen LogP contribution in [0.4, 0.5) is 0 Å². The standard InChI is InChI=1S/C4H10O.C3H6.C2H6O2/c1-3-5-4-2;1-2-3-1;3-1-2-4/h3-4H2,1-2H3;1-3H2;3-4H,1-2H2. The maximum Gasteiger partial charge on any atom is 0.0662 e. The van der Waals surface area contributed by atoms with Gasteiger partial charge in [0.05, 0.1) is 13.2 Å². The van der Waals surface area contributed by atoms with E-state index in [0.29, 0.717) is 0 Å². The predicted molar refractivity (Wildman–Crippen MR) is 50.2 cm³/mol. The Bertz CT molecular complexity index is 49.0. The van der Waals surface area contributed by atoms with Crippen molar-refractivity contribution in [3.63, 3.8) is 0 Å². The highest BCUT2D eigenvalue weighted by molar-refractivity contribution is 4.50. The van der Waals surface area contributed by atoms with Crippen LogP contribution in [0.15, 0.2) is 0 Å². The van der Waals surface area contributed by atoms with E-state index in [1.165, 1.54) is 19.3 Å². The summed E-state index contributed by atoms with van der Waals surface area (Å²) >= 11 is 0. The molecular weight excluding hydrogens is 156 g/mol. The van der Waals surface area contributed by atoms with Gasteiger partial charge < -0.3 is 14.9 Å². The van der Waals surface area contributed by atoms with Crippen molar-refractivity contribution in [1.29, 1.82) is 0 Å². The fraction of sp³-hybridized carbons (Fsp3) is 1.00. The van der Waals surface area contributed by atoms with E-state index in [1.807, 2.05) is 13.8 Å². The van der Waals surface area contributed by atoms with Crippen LogP contribution in [0.25, 0.3) is 0 Å². The molecule has 0 spiro atoms. The molecule has 2 N–H and O–H groups in total. The predicted octanol–water partition coefficient (Wildman–Crippen LogP) is 1.18. The van der Waals surface area contributed by atoms with Crippen molar-refractivity contribution in [3.8, 4) is 0 Å². The highest BCUT2D eigenvalue weighted by Crippen LogP contribution is 2.14. The summed E-state index contributed by atoms with van der Waals surface area (Å²) in [5.74, 6) is 0. The van der Waals surface area contributed by atoms with Crippen molar-refractivity contribution < 1.29 is 14.9 Å². The third kappa shape index (κ3) is 51.8. The van der Waals surface area contributed by atoms with Crippen molar-refractivity contribution in [1.82, 2.24) is 0 Å². The van der Waals surface area contributed by atoms with Crippen LogP contribution in [0.2, 0.25) is 0 Å². The summed E-state index contributed by atoms with van der Waals surface area (Å²) < 4.78 is 4.83. The van der Waals surface area contributed by atoms with Gasteiger partial charge in [0.2, 0.25) is 0 Å². The molecule has 1 rings (SSSR count). The van der Waals surface area contributed by atoms with Crippen molar-refractivity contribution >= 4 is 0 Å². The quantitative estimate of drug-likeness (QED) is 0.682. The summed E-state index contributed by atoms with van der Waals surface area (Å²) in [5.41, 5.74) is 0. The number of aliphatic hydroxyl groups is 2. The molecular formula is C9H22O3. The second-order valence-corrected chi connectivity index (χ2v) is 2.29. The van der Waals surface area contributed by atoms with E-state index in [0.717, 1.165) is 13.2 Å². The molecule has 0 aromatic carbocycles. The minimum atomic E-state index is -0.125. The average molecular weight is 178 g/mol. The summed E-state index contributed by atoms with van der Waals surface area (Å²) in [4.78, 5) is 0. The average Bonchev–Trinajstić information content (AvgIpc) is 2.92. The van der Waals surface area contributed by atoms with Gasteiger partial charge in [-0.2, -0.15) is 0 Å². The molecule has 0 unspecified atom stereocenters. The molecule has 1 aliphatic carbocycles. The molecule has 12 heavy (non-hydrogen) atoms. The molecule has 0 bridgehead atoms. The summed E-state index contributed by atoms with van der Waals surface area (Å²) in [6, 6.07) is 0. The molecule has 3 nitrogen and oxygen atoms in total. The first-order valence-corrected chi connectivity index (χ1v) is 4.62. The fourth-order valence-corrected chi connectivity index (χ4v) is 0.204. The lowest BCUT2D eigenvalue weighted by Gasteiger charge is -1.86. The third-order valence-corrected chi connectivity index (χ3v) is 0.862. The lowest BCUT2D eigenvalue weighted by Crippen LogP contribution is -1.85. The Hall–Kier alpha value is -0.120. The number of aliphatic hydroxyl groups excluding tert-OH is 2. The molecule has 0 aliphatic heterocycles. The van der Waals surface area contributed by atoms with Gasteiger partial charge >= 0.3 is 0 Å². The summed E-state index contributed by atoms with van der Waals surface area (Å²) in [6.07, 6.45) is 4.50. The van der Waals surface area contributed by atoms with E-state index in [-0.39, 0.29) is 13.2 Å². The van der Waals surface area contributed by atoms with Gasteiger partial charge in [0.25, 0.3) is 0 Å². The van der Waals surface area contributed by atoms with Crippen LogP contribution < -0.4 is 0 Å². The minimum Gasteiger partial charge on any atom is -0.394 e. The molecule has 1 fully saturated rings. The third-order valence-electron chi connectivity index (χ3n) is 0.862. The Labute approximate surface area is 75.4 Å². The maximum atomic E-state index is 7.62. The van der Waals surface area contributed by atoms with Crippen LogP contribution in [0.1, 0.15) is 33.1 Å². The van der Waals surface area contributed by atoms with Crippen LogP contribution in [0, 0.1) is 0 Å². The molecule has 0 heterocycles. The van der Waals surface area contributed by atoms with Gasteiger partial charge in [-0.1, -0.05) is 19.3 Å². The van der Waals surface area contributed by atoms with Crippen LogP contribution in [-0.4, -0.2) is 36.6 Å². The SMILES string of the molecule is C1CC1.CCOCC.OCCO. The number of hydrogen-bond donors (Lipinski definition) is 2. The Balaban J connectivity index is 0. The molecule has 0 aromatic rings. The van der Waals surface area contributed by atoms with Gasteiger partial charge in [0.1, 0.15) is 0 Å². The lowest BCUT2D eigenvalue weighted by molar-refractivity contribution is 0.162. The van der Waals surface area contributed by atoms with Crippen molar-refractivity contribution in [2.24, 2.45) is 0 Å². The minimum absolute atomic E-state index is 0.125. The zero-order valence-electron chi connectivity index (χ0n) is 8.25. The maximum absolute atomic E-state index is 7.62. The van der Waals surface area contributed by atoms with Gasteiger partial charge in [0, 0.05) is 13.2 Å². The molecule has 0 radical (unpaired) electrons. The van der Waals surface area contributed by atoms with Gasteiger partial charge in [-0.15, -0.1) is 0 Å². The summed E-state index contributed by atoms with van der Waals surface area (Å²) in [7, 11) is 0. The molecule has 1 aliphatic rings. The van der Waals surface area contributed by atoms with Gasteiger partial charge in [-0.25, -0.2) is 0 Å². The van der Waals surface area contributed by atoms with Crippen molar-refractivity contribution in [3.05, 3.63) is 0 Å². The fourth-order valence-electron chi connectivity index (χ4n) is 0.204. The van der Waals surface area contributed by atoms with Gasteiger partial charge in [0.15, 0.2) is 0 Å². The molecule has 0 aromatic heterocycles. The van der Waals surface area contributed by atoms with E-state index in [1.54, 1.807) is 0 Å². The number of ether oxygens (including phenoxy) is 1. The van der Waals surface area contributed by atoms with Crippen LogP contribution in [-0.2, 0) is 4.74 Å². The zero-order valence-corrected chi connectivity index (χ0v) is 8.25. The first-order chi connectivity index (χ1) is 5.83.